The van der Waals surface area contributed by atoms with Gasteiger partial charge in [0, 0.05) is 26.8 Å². The number of aromatic nitrogens is 4. The van der Waals surface area contributed by atoms with E-state index in [1.807, 2.05) is 72.0 Å². The molecule has 0 radical (unpaired) electrons. The summed E-state index contributed by atoms with van der Waals surface area (Å²) in [6.45, 7) is 0. The smallest absolute Gasteiger partial charge is 0.238 e. The quantitative estimate of drug-likeness (QED) is 0.228. The van der Waals surface area contributed by atoms with Gasteiger partial charge in [-0.05, 0) is 23.1 Å². The predicted molar refractivity (Wildman–Crippen MR) is 166 cm³/mol. The summed E-state index contributed by atoms with van der Waals surface area (Å²) in [6.07, 6.45) is 0. The van der Waals surface area contributed by atoms with Crippen molar-refractivity contribution < 1.29 is 0 Å². The monoisotopic (exact) mass is 530 g/mol. The second-order valence-electron chi connectivity index (χ2n) is 9.72. The highest BCUT2D eigenvalue weighted by molar-refractivity contribution is 7.23. The van der Waals surface area contributed by atoms with Gasteiger partial charge in [0.15, 0.2) is 11.6 Å². The highest BCUT2D eigenvalue weighted by Gasteiger charge is 2.20. The first-order chi connectivity index (χ1) is 19.8. The van der Waals surface area contributed by atoms with Crippen molar-refractivity contribution in [3.05, 3.63) is 133 Å². The summed E-state index contributed by atoms with van der Waals surface area (Å²) in [4.78, 5) is 16.3. The van der Waals surface area contributed by atoms with E-state index >= 15 is 0 Å². The summed E-state index contributed by atoms with van der Waals surface area (Å²) in [7, 11) is 0. The van der Waals surface area contributed by atoms with Gasteiger partial charge in [-0.15, -0.1) is 11.3 Å². The maximum atomic E-state index is 5.09. The maximum Gasteiger partial charge on any atom is 0.238 e. The molecule has 3 aromatic heterocycles. The Balaban J connectivity index is 1.47. The van der Waals surface area contributed by atoms with E-state index in [1.165, 1.54) is 31.3 Å². The van der Waals surface area contributed by atoms with Crippen LogP contribution in [0.25, 0.3) is 71.1 Å². The fourth-order valence-corrected chi connectivity index (χ4v) is 6.60. The van der Waals surface area contributed by atoms with Gasteiger partial charge in [0.25, 0.3) is 0 Å². The van der Waals surface area contributed by atoms with Gasteiger partial charge >= 0.3 is 0 Å². The first-order valence-electron chi connectivity index (χ1n) is 13.2. The Bertz CT molecular complexity index is 2090. The van der Waals surface area contributed by atoms with Gasteiger partial charge < -0.3 is 0 Å². The predicted octanol–water partition coefficient (Wildman–Crippen LogP) is 9.18. The lowest BCUT2D eigenvalue weighted by atomic mass is 10.1. The van der Waals surface area contributed by atoms with Crippen LogP contribution in [-0.4, -0.2) is 19.5 Å². The molecule has 5 aromatic carbocycles. The Morgan fingerprint density at radius 2 is 1.07 bits per heavy atom. The first kappa shape index (κ1) is 22.8. The number of nitrogens with zero attached hydrogens (tertiary/aromatic N) is 4. The van der Waals surface area contributed by atoms with Crippen molar-refractivity contribution in [1.29, 1.82) is 0 Å². The van der Waals surface area contributed by atoms with E-state index in [2.05, 4.69) is 77.4 Å². The van der Waals surface area contributed by atoms with Gasteiger partial charge in [0.05, 0.1) is 15.7 Å². The number of hydrogen-bond acceptors (Lipinski definition) is 4. The molecule has 0 N–H and O–H groups in total. The van der Waals surface area contributed by atoms with Crippen molar-refractivity contribution in [2.75, 3.05) is 0 Å². The molecule has 0 spiro atoms. The minimum atomic E-state index is 0.612. The second kappa shape index (κ2) is 9.26. The Kier molecular flexibility index (Phi) is 5.28. The number of thiophene rings is 1. The van der Waals surface area contributed by atoms with Crippen LogP contribution in [0.2, 0.25) is 0 Å². The number of fused-ring (bicyclic) bond motifs is 5. The van der Waals surface area contributed by atoms with Gasteiger partial charge in [-0.2, -0.15) is 9.97 Å². The third-order valence-electron chi connectivity index (χ3n) is 7.27. The minimum absolute atomic E-state index is 0.612. The van der Waals surface area contributed by atoms with E-state index in [1.54, 1.807) is 0 Å². The summed E-state index contributed by atoms with van der Waals surface area (Å²) in [5, 5.41) is 3.57. The molecule has 0 fully saturated rings. The van der Waals surface area contributed by atoms with Gasteiger partial charge in [-0.25, -0.2) is 4.98 Å². The maximum absolute atomic E-state index is 5.09. The molecule has 0 aliphatic heterocycles. The van der Waals surface area contributed by atoms with Crippen LogP contribution in [0.15, 0.2) is 133 Å². The summed E-state index contributed by atoms with van der Waals surface area (Å²) in [5.41, 5.74) is 5.32. The molecule has 0 aliphatic rings. The third-order valence-corrected chi connectivity index (χ3v) is 8.47. The number of para-hydroxylation sites is 1. The van der Waals surface area contributed by atoms with E-state index in [4.69, 9.17) is 15.0 Å². The Labute approximate surface area is 234 Å². The molecule has 40 heavy (non-hydrogen) atoms. The molecular formula is C35H22N4S. The lowest BCUT2D eigenvalue weighted by Crippen LogP contribution is -2.06. The lowest BCUT2D eigenvalue weighted by Gasteiger charge is -2.11. The standard InChI is InChI=1S/C35H22N4S/c1-4-12-23(13-5-1)30-22-26-20-21-28-27-18-10-11-19-29(27)39(31(28)32(26)40-30)35-37-33(24-14-6-2-7-15-24)36-34(38-35)25-16-8-3-9-17-25/h1-22H. The average Bonchev–Trinajstić information content (AvgIpc) is 3.62. The van der Waals surface area contributed by atoms with Crippen molar-refractivity contribution >= 4 is 43.2 Å². The third kappa shape index (κ3) is 3.71. The van der Waals surface area contributed by atoms with E-state index in [0.717, 1.165) is 22.2 Å². The molecule has 8 rings (SSSR count). The zero-order chi connectivity index (χ0) is 26.5. The molecule has 0 atom stereocenters. The van der Waals surface area contributed by atoms with Crippen LogP contribution in [0.3, 0.4) is 0 Å². The first-order valence-corrected chi connectivity index (χ1v) is 14.0. The molecule has 3 heterocycles. The molecule has 0 saturated carbocycles. The van der Waals surface area contributed by atoms with Crippen molar-refractivity contribution in [2.45, 2.75) is 0 Å². The zero-order valence-corrected chi connectivity index (χ0v) is 22.2. The van der Waals surface area contributed by atoms with Crippen molar-refractivity contribution in [3.63, 3.8) is 0 Å². The fourth-order valence-electron chi connectivity index (χ4n) is 5.39. The zero-order valence-electron chi connectivity index (χ0n) is 21.4. The van der Waals surface area contributed by atoms with E-state index < -0.39 is 0 Å². The second-order valence-corrected chi connectivity index (χ2v) is 10.8. The number of rotatable bonds is 4. The Morgan fingerprint density at radius 1 is 0.500 bits per heavy atom. The SMILES string of the molecule is c1ccc(-c2nc(-c3ccccc3)nc(-n3c4ccccc4c4ccc5cc(-c6ccccc6)sc5c43)n2)cc1. The highest BCUT2D eigenvalue weighted by atomic mass is 32.1. The Hall–Kier alpha value is -5.13. The van der Waals surface area contributed by atoms with Gasteiger partial charge in [-0.3, -0.25) is 4.57 Å². The summed E-state index contributed by atoms with van der Waals surface area (Å²) in [6, 6.07) is 46.1. The molecule has 0 unspecified atom stereocenters. The molecule has 188 valence electrons. The Morgan fingerprint density at radius 3 is 1.73 bits per heavy atom. The van der Waals surface area contributed by atoms with Crippen molar-refractivity contribution in [1.82, 2.24) is 19.5 Å². The summed E-state index contributed by atoms with van der Waals surface area (Å²) in [5.74, 6) is 1.92. The topological polar surface area (TPSA) is 43.6 Å². The van der Waals surface area contributed by atoms with Gasteiger partial charge in [-0.1, -0.05) is 121 Å². The molecule has 0 aliphatic carbocycles. The normalized spacial score (nSPS) is 11.5. The highest BCUT2D eigenvalue weighted by Crippen LogP contribution is 2.42. The van der Waals surface area contributed by atoms with E-state index in [9.17, 15) is 0 Å². The largest absolute Gasteiger partial charge is 0.276 e. The van der Waals surface area contributed by atoms with Gasteiger partial charge in [0.2, 0.25) is 5.95 Å². The van der Waals surface area contributed by atoms with Gasteiger partial charge in [0.1, 0.15) is 0 Å². The molecule has 0 bridgehead atoms. The fraction of sp³-hybridized carbons (Fsp3) is 0. The molecule has 5 heteroatoms. The minimum Gasteiger partial charge on any atom is -0.276 e. The van der Waals surface area contributed by atoms with Crippen molar-refractivity contribution in [2.24, 2.45) is 0 Å². The number of benzene rings is 5. The summed E-state index contributed by atoms with van der Waals surface area (Å²) >= 11 is 1.81. The molecule has 4 nitrogen and oxygen atoms in total. The van der Waals surface area contributed by atoms with Crippen LogP contribution in [0.5, 0.6) is 0 Å². The molecule has 8 aromatic rings. The van der Waals surface area contributed by atoms with Crippen LogP contribution in [0.4, 0.5) is 0 Å². The number of hydrogen-bond donors (Lipinski definition) is 0. The average molecular weight is 531 g/mol. The van der Waals surface area contributed by atoms with Crippen molar-refractivity contribution in [3.8, 4) is 39.2 Å². The molecule has 0 amide bonds. The van der Waals surface area contributed by atoms with Crippen LogP contribution >= 0.6 is 11.3 Å². The van der Waals surface area contributed by atoms with Crippen LogP contribution in [-0.2, 0) is 0 Å². The molecule has 0 saturated heterocycles. The summed E-state index contributed by atoms with van der Waals surface area (Å²) < 4.78 is 3.44. The molecular weight excluding hydrogens is 508 g/mol. The van der Waals surface area contributed by atoms with Crippen LogP contribution < -0.4 is 0 Å². The van der Waals surface area contributed by atoms with Crippen LogP contribution in [0, 0.1) is 0 Å². The lowest BCUT2D eigenvalue weighted by molar-refractivity contribution is 0.955. The van der Waals surface area contributed by atoms with E-state index in [-0.39, 0.29) is 0 Å². The van der Waals surface area contributed by atoms with Crippen LogP contribution in [0.1, 0.15) is 0 Å². The van der Waals surface area contributed by atoms with E-state index in [0.29, 0.717) is 17.6 Å².